The average molecular weight is 295 g/mol. The molecule has 0 aliphatic carbocycles. The molecule has 0 spiro atoms. The van der Waals surface area contributed by atoms with Crippen LogP contribution in [0.2, 0.25) is 0 Å². The maximum atomic E-state index is 4.65. The first-order valence-corrected chi connectivity index (χ1v) is 8.52. The highest BCUT2D eigenvalue weighted by molar-refractivity contribution is 7.09. The molecule has 2 atom stereocenters. The van der Waals surface area contributed by atoms with E-state index in [0.717, 1.165) is 19.6 Å². The summed E-state index contributed by atoms with van der Waals surface area (Å²) in [5, 5.41) is 7.14. The number of rotatable bonds is 3. The van der Waals surface area contributed by atoms with Crippen LogP contribution in [-0.4, -0.2) is 34.6 Å². The molecule has 20 heavy (non-hydrogen) atoms. The van der Waals surface area contributed by atoms with Crippen molar-refractivity contribution < 1.29 is 0 Å². The Bertz CT molecular complexity index is 449. The summed E-state index contributed by atoms with van der Waals surface area (Å²) in [6.07, 6.45) is 1.17. The van der Waals surface area contributed by atoms with Crippen LogP contribution in [0.15, 0.2) is 5.38 Å². The predicted molar refractivity (Wildman–Crippen MR) is 87.2 cm³/mol. The van der Waals surface area contributed by atoms with Crippen molar-refractivity contribution >= 4 is 11.3 Å². The van der Waals surface area contributed by atoms with Gasteiger partial charge in [-0.25, -0.2) is 4.98 Å². The van der Waals surface area contributed by atoms with Gasteiger partial charge in [0, 0.05) is 36.6 Å². The van der Waals surface area contributed by atoms with Crippen LogP contribution in [0.25, 0.3) is 0 Å². The Morgan fingerprint density at radius 1 is 1.50 bits per heavy atom. The zero-order valence-electron chi connectivity index (χ0n) is 13.8. The molecule has 1 aliphatic heterocycles. The second-order valence-electron chi connectivity index (χ2n) is 7.39. The minimum atomic E-state index is 0.235. The van der Waals surface area contributed by atoms with Gasteiger partial charge < -0.3 is 5.32 Å². The number of aryl methyl sites for hydroxylation is 1. The van der Waals surface area contributed by atoms with Crippen molar-refractivity contribution in [2.75, 3.05) is 13.1 Å². The lowest BCUT2D eigenvalue weighted by Gasteiger charge is -2.50. The number of nitrogens with one attached hydrogen (secondary N) is 1. The van der Waals surface area contributed by atoms with Crippen molar-refractivity contribution in [3.8, 4) is 0 Å². The SMILES string of the molecule is CCC1(C)CNC(C(C)(C)C)CN1Cc1csc(C)n1. The second kappa shape index (κ2) is 5.74. The van der Waals surface area contributed by atoms with Gasteiger partial charge in [-0.2, -0.15) is 0 Å². The largest absolute Gasteiger partial charge is 0.310 e. The van der Waals surface area contributed by atoms with Crippen LogP contribution in [0.4, 0.5) is 0 Å². The van der Waals surface area contributed by atoms with E-state index >= 15 is 0 Å². The molecule has 0 amide bonds. The third kappa shape index (κ3) is 3.41. The van der Waals surface area contributed by atoms with Gasteiger partial charge in [-0.3, -0.25) is 4.90 Å². The summed E-state index contributed by atoms with van der Waals surface area (Å²) in [5.74, 6) is 0. The summed E-state index contributed by atoms with van der Waals surface area (Å²) >= 11 is 1.75. The fourth-order valence-electron chi connectivity index (χ4n) is 2.82. The van der Waals surface area contributed by atoms with Crippen LogP contribution in [0, 0.1) is 12.3 Å². The number of aromatic nitrogens is 1. The summed E-state index contributed by atoms with van der Waals surface area (Å²) < 4.78 is 0. The van der Waals surface area contributed by atoms with E-state index in [2.05, 4.69) is 62.1 Å². The lowest BCUT2D eigenvalue weighted by atomic mass is 9.81. The monoisotopic (exact) mass is 295 g/mol. The van der Waals surface area contributed by atoms with E-state index in [1.807, 2.05) is 0 Å². The lowest BCUT2D eigenvalue weighted by molar-refractivity contribution is 0.0150. The van der Waals surface area contributed by atoms with E-state index in [9.17, 15) is 0 Å². The van der Waals surface area contributed by atoms with E-state index in [1.165, 1.54) is 17.1 Å². The zero-order chi connectivity index (χ0) is 15.0. The molecule has 1 N–H and O–H groups in total. The summed E-state index contributed by atoms with van der Waals surface area (Å²) in [4.78, 5) is 7.28. The van der Waals surface area contributed by atoms with E-state index in [-0.39, 0.29) is 5.54 Å². The maximum absolute atomic E-state index is 4.65. The molecule has 1 aromatic heterocycles. The normalized spacial score (nSPS) is 28.8. The summed E-state index contributed by atoms with van der Waals surface area (Å²) in [7, 11) is 0. The quantitative estimate of drug-likeness (QED) is 0.926. The van der Waals surface area contributed by atoms with Crippen LogP contribution in [0.5, 0.6) is 0 Å². The van der Waals surface area contributed by atoms with Crippen molar-refractivity contribution in [1.82, 2.24) is 15.2 Å². The van der Waals surface area contributed by atoms with Gasteiger partial charge >= 0.3 is 0 Å². The molecule has 0 saturated carbocycles. The van der Waals surface area contributed by atoms with Crippen LogP contribution >= 0.6 is 11.3 Å². The van der Waals surface area contributed by atoms with Gasteiger partial charge in [0.1, 0.15) is 0 Å². The topological polar surface area (TPSA) is 28.2 Å². The van der Waals surface area contributed by atoms with Gasteiger partial charge in [-0.1, -0.05) is 27.7 Å². The molecule has 0 aromatic carbocycles. The van der Waals surface area contributed by atoms with Gasteiger partial charge in [-0.15, -0.1) is 11.3 Å². The highest BCUT2D eigenvalue weighted by atomic mass is 32.1. The smallest absolute Gasteiger partial charge is 0.0897 e. The van der Waals surface area contributed by atoms with Crippen molar-refractivity contribution in [2.24, 2.45) is 5.41 Å². The van der Waals surface area contributed by atoms with Crippen molar-refractivity contribution in [3.05, 3.63) is 16.1 Å². The van der Waals surface area contributed by atoms with E-state index in [4.69, 9.17) is 0 Å². The van der Waals surface area contributed by atoms with Gasteiger partial charge in [-0.05, 0) is 25.7 Å². The van der Waals surface area contributed by atoms with E-state index < -0.39 is 0 Å². The molecule has 114 valence electrons. The Labute approximate surface area is 127 Å². The van der Waals surface area contributed by atoms with Crippen LogP contribution in [0.3, 0.4) is 0 Å². The number of hydrogen-bond acceptors (Lipinski definition) is 4. The Morgan fingerprint density at radius 3 is 2.70 bits per heavy atom. The molecule has 0 radical (unpaired) electrons. The Hall–Kier alpha value is -0.450. The van der Waals surface area contributed by atoms with Crippen molar-refractivity contribution in [2.45, 2.75) is 66.1 Å². The van der Waals surface area contributed by atoms with Gasteiger partial charge in [0.2, 0.25) is 0 Å². The third-order valence-corrected chi connectivity index (χ3v) is 5.54. The lowest BCUT2D eigenvalue weighted by Crippen LogP contribution is -2.65. The molecular weight excluding hydrogens is 266 g/mol. The van der Waals surface area contributed by atoms with Gasteiger partial charge in [0.05, 0.1) is 10.7 Å². The molecule has 2 heterocycles. The number of hydrogen-bond donors (Lipinski definition) is 1. The summed E-state index contributed by atoms with van der Waals surface area (Å²) in [6, 6.07) is 0.543. The first-order valence-electron chi connectivity index (χ1n) is 7.64. The zero-order valence-corrected chi connectivity index (χ0v) is 14.6. The Balaban J connectivity index is 2.15. The van der Waals surface area contributed by atoms with Crippen molar-refractivity contribution in [1.29, 1.82) is 0 Å². The Kier molecular flexibility index (Phi) is 4.57. The fourth-order valence-corrected chi connectivity index (χ4v) is 3.42. The highest BCUT2D eigenvalue weighted by Gasteiger charge is 2.40. The molecule has 4 heteroatoms. The molecule has 1 aromatic rings. The standard InChI is InChI=1S/C16H29N3S/c1-7-16(6)11-17-14(15(3,4)5)9-19(16)8-13-10-20-12(2)18-13/h10,14,17H,7-9,11H2,1-6H3. The molecule has 1 aliphatic rings. The summed E-state index contributed by atoms with van der Waals surface area (Å²) in [6.45, 7) is 16.9. The molecular formula is C16H29N3S. The van der Waals surface area contributed by atoms with E-state index in [1.54, 1.807) is 11.3 Å². The molecule has 2 unspecified atom stereocenters. The molecule has 1 saturated heterocycles. The first-order chi connectivity index (χ1) is 9.24. The predicted octanol–water partition coefficient (Wildman–Crippen LogP) is 3.44. The molecule has 0 bridgehead atoms. The average Bonchev–Trinajstić information content (AvgIpc) is 2.76. The first kappa shape index (κ1) is 15.9. The van der Waals surface area contributed by atoms with Gasteiger partial charge in [0.15, 0.2) is 0 Å². The van der Waals surface area contributed by atoms with Gasteiger partial charge in [0.25, 0.3) is 0 Å². The van der Waals surface area contributed by atoms with Crippen LogP contribution < -0.4 is 5.32 Å². The summed E-state index contributed by atoms with van der Waals surface area (Å²) in [5.41, 5.74) is 1.76. The Morgan fingerprint density at radius 2 is 2.20 bits per heavy atom. The number of piperazine rings is 1. The molecule has 1 fully saturated rings. The third-order valence-electron chi connectivity index (χ3n) is 4.72. The number of thiazole rings is 1. The molecule has 3 nitrogen and oxygen atoms in total. The second-order valence-corrected chi connectivity index (χ2v) is 8.45. The van der Waals surface area contributed by atoms with Crippen LogP contribution in [0.1, 0.15) is 51.7 Å². The minimum absolute atomic E-state index is 0.235. The molecule has 2 rings (SSSR count). The van der Waals surface area contributed by atoms with Crippen molar-refractivity contribution in [3.63, 3.8) is 0 Å². The minimum Gasteiger partial charge on any atom is -0.310 e. The number of nitrogens with zero attached hydrogens (tertiary/aromatic N) is 2. The fraction of sp³-hybridized carbons (Fsp3) is 0.812. The maximum Gasteiger partial charge on any atom is 0.0897 e. The van der Waals surface area contributed by atoms with Crippen LogP contribution in [-0.2, 0) is 6.54 Å². The highest BCUT2D eigenvalue weighted by Crippen LogP contribution is 2.30. The van der Waals surface area contributed by atoms with E-state index in [0.29, 0.717) is 11.5 Å².